The van der Waals surface area contributed by atoms with E-state index in [4.69, 9.17) is 19.9 Å². The lowest BCUT2D eigenvalue weighted by Gasteiger charge is -2.15. The summed E-state index contributed by atoms with van der Waals surface area (Å²) in [5.41, 5.74) is 11.1. The Hall–Kier alpha value is -6.92. The van der Waals surface area contributed by atoms with Crippen LogP contribution in [0.3, 0.4) is 0 Å². The highest BCUT2D eigenvalue weighted by Crippen LogP contribution is 2.39. The number of hydrogen-bond acceptors (Lipinski definition) is 6. The van der Waals surface area contributed by atoms with Gasteiger partial charge in [0.1, 0.15) is 11.4 Å². The van der Waals surface area contributed by atoms with Crippen LogP contribution in [-0.4, -0.2) is 29.9 Å². The van der Waals surface area contributed by atoms with Gasteiger partial charge in [-0.3, -0.25) is 9.97 Å². The number of rotatable bonds is 6. The minimum Gasteiger partial charge on any atom is -0.253 e. The average Bonchev–Trinajstić information content (AvgIpc) is 3.21. The molecule has 9 aromatic rings. The molecule has 0 saturated heterocycles. The van der Waals surface area contributed by atoms with Gasteiger partial charge < -0.3 is 0 Å². The molecule has 4 heterocycles. The van der Waals surface area contributed by atoms with Crippen molar-refractivity contribution in [3.8, 4) is 67.8 Å². The summed E-state index contributed by atoms with van der Waals surface area (Å²) in [5.74, 6) is 1.18. The Morgan fingerprint density at radius 1 is 0.360 bits per heavy atom. The van der Waals surface area contributed by atoms with E-state index in [-0.39, 0.29) is 0 Å². The standard InChI is InChI=1S/C44H28N6/c1-3-14-29(15-4-1)40-35-22-12-21-34(42(35)50-44(48-40)38-24-8-10-27-46-38)32-19-11-18-31(28-32)33-20-13-25-36-39(33)41(30-16-5-2-6-17-30)49-43(47-36)37-23-7-9-26-45-37/h1-28H. The van der Waals surface area contributed by atoms with Crippen molar-refractivity contribution in [3.05, 3.63) is 170 Å². The van der Waals surface area contributed by atoms with Crippen LogP contribution in [0, 0.1) is 0 Å². The van der Waals surface area contributed by atoms with Gasteiger partial charge in [-0.2, -0.15) is 0 Å². The van der Waals surface area contributed by atoms with Gasteiger partial charge >= 0.3 is 0 Å². The summed E-state index contributed by atoms with van der Waals surface area (Å²) in [4.78, 5) is 29.5. The zero-order valence-corrected chi connectivity index (χ0v) is 26.8. The normalized spacial score (nSPS) is 11.2. The molecule has 9 rings (SSSR count). The fraction of sp³-hybridized carbons (Fsp3) is 0. The Morgan fingerprint density at radius 2 is 0.900 bits per heavy atom. The molecule has 5 aromatic carbocycles. The second-order valence-corrected chi connectivity index (χ2v) is 11.9. The molecule has 234 valence electrons. The largest absolute Gasteiger partial charge is 0.253 e. The smallest absolute Gasteiger partial charge is 0.179 e. The lowest BCUT2D eigenvalue weighted by Crippen LogP contribution is -1.98. The van der Waals surface area contributed by atoms with Gasteiger partial charge in [-0.05, 0) is 53.1 Å². The third kappa shape index (κ3) is 5.35. The van der Waals surface area contributed by atoms with Crippen LogP contribution in [0.5, 0.6) is 0 Å². The number of nitrogens with zero attached hydrogens (tertiary/aromatic N) is 6. The van der Waals surface area contributed by atoms with Crippen LogP contribution >= 0.6 is 0 Å². The van der Waals surface area contributed by atoms with Crippen molar-refractivity contribution in [1.82, 2.24) is 29.9 Å². The Morgan fingerprint density at radius 3 is 1.58 bits per heavy atom. The van der Waals surface area contributed by atoms with Crippen molar-refractivity contribution in [2.75, 3.05) is 0 Å². The molecule has 0 amide bonds. The van der Waals surface area contributed by atoms with Gasteiger partial charge in [0.15, 0.2) is 11.6 Å². The maximum atomic E-state index is 5.15. The summed E-state index contributed by atoms with van der Waals surface area (Å²) >= 11 is 0. The predicted molar refractivity (Wildman–Crippen MR) is 201 cm³/mol. The highest BCUT2D eigenvalue weighted by molar-refractivity contribution is 6.06. The van der Waals surface area contributed by atoms with Gasteiger partial charge in [0.2, 0.25) is 0 Å². The third-order valence-electron chi connectivity index (χ3n) is 8.82. The molecule has 50 heavy (non-hydrogen) atoms. The first kappa shape index (κ1) is 29.2. The number of pyridine rings is 2. The molecule has 0 bridgehead atoms. The van der Waals surface area contributed by atoms with Crippen LogP contribution in [0.4, 0.5) is 0 Å². The van der Waals surface area contributed by atoms with Crippen molar-refractivity contribution in [2.45, 2.75) is 0 Å². The summed E-state index contributed by atoms with van der Waals surface area (Å²) in [5, 5.41) is 1.96. The zero-order valence-electron chi connectivity index (χ0n) is 26.8. The number of benzene rings is 5. The molecule has 0 radical (unpaired) electrons. The lowest BCUT2D eigenvalue weighted by molar-refractivity contribution is 1.18. The minimum atomic E-state index is 0.586. The summed E-state index contributed by atoms with van der Waals surface area (Å²) in [6, 6.07) is 53.4. The van der Waals surface area contributed by atoms with E-state index in [2.05, 4.69) is 94.9 Å². The maximum Gasteiger partial charge on any atom is 0.179 e. The number of aromatic nitrogens is 6. The fourth-order valence-corrected chi connectivity index (χ4v) is 6.50. The van der Waals surface area contributed by atoms with Crippen LogP contribution in [-0.2, 0) is 0 Å². The molecule has 0 aliphatic carbocycles. The third-order valence-corrected chi connectivity index (χ3v) is 8.82. The number of para-hydroxylation sites is 1. The summed E-state index contributed by atoms with van der Waals surface area (Å²) in [7, 11) is 0. The van der Waals surface area contributed by atoms with E-state index in [9.17, 15) is 0 Å². The van der Waals surface area contributed by atoms with E-state index in [0.29, 0.717) is 11.6 Å². The zero-order chi connectivity index (χ0) is 33.3. The highest BCUT2D eigenvalue weighted by atomic mass is 14.9. The first-order valence-electron chi connectivity index (χ1n) is 16.5. The Labute approximate surface area is 288 Å². The molecule has 0 N–H and O–H groups in total. The van der Waals surface area contributed by atoms with Gasteiger partial charge in [0.25, 0.3) is 0 Å². The molecule has 0 saturated carbocycles. The van der Waals surface area contributed by atoms with Crippen LogP contribution in [0.1, 0.15) is 0 Å². The van der Waals surface area contributed by atoms with E-state index in [1.807, 2.05) is 72.8 Å². The summed E-state index contributed by atoms with van der Waals surface area (Å²) in [6.07, 6.45) is 3.55. The van der Waals surface area contributed by atoms with Crippen molar-refractivity contribution < 1.29 is 0 Å². The lowest BCUT2D eigenvalue weighted by atomic mass is 9.93. The number of fused-ring (bicyclic) bond motifs is 2. The Bertz CT molecular complexity index is 2630. The minimum absolute atomic E-state index is 0.586. The fourth-order valence-electron chi connectivity index (χ4n) is 6.50. The second-order valence-electron chi connectivity index (χ2n) is 11.9. The predicted octanol–water partition coefficient (Wildman–Crippen LogP) is 10.4. The SMILES string of the molecule is c1ccc(-c2nc(-c3ccccn3)nc3c(-c4cccc(-c5cccc6nc(-c7ccccn7)nc(-c7ccccc7)c56)c4)cccc23)cc1. The first-order chi connectivity index (χ1) is 24.8. The van der Waals surface area contributed by atoms with Crippen molar-refractivity contribution in [3.63, 3.8) is 0 Å². The summed E-state index contributed by atoms with van der Waals surface area (Å²) < 4.78 is 0. The second kappa shape index (κ2) is 12.6. The quantitative estimate of drug-likeness (QED) is 0.180. The molecule has 6 nitrogen and oxygen atoms in total. The monoisotopic (exact) mass is 640 g/mol. The molecule has 0 aliphatic rings. The average molecular weight is 641 g/mol. The van der Waals surface area contributed by atoms with Gasteiger partial charge in [-0.1, -0.05) is 121 Å². The van der Waals surface area contributed by atoms with Gasteiger partial charge in [0, 0.05) is 39.9 Å². The van der Waals surface area contributed by atoms with Crippen LogP contribution < -0.4 is 0 Å². The van der Waals surface area contributed by atoms with E-state index < -0.39 is 0 Å². The van der Waals surface area contributed by atoms with Crippen molar-refractivity contribution in [2.24, 2.45) is 0 Å². The van der Waals surface area contributed by atoms with Gasteiger partial charge in [-0.25, -0.2) is 19.9 Å². The molecule has 0 aliphatic heterocycles. The van der Waals surface area contributed by atoms with E-state index in [1.54, 1.807) is 12.4 Å². The van der Waals surface area contributed by atoms with E-state index >= 15 is 0 Å². The van der Waals surface area contributed by atoms with Crippen LogP contribution in [0.15, 0.2) is 170 Å². The molecule has 4 aromatic heterocycles. The number of hydrogen-bond donors (Lipinski definition) is 0. The summed E-state index contributed by atoms with van der Waals surface area (Å²) in [6.45, 7) is 0. The van der Waals surface area contributed by atoms with Crippen molar-refractivity contribution >= 4 is 21.8 Å². The van der Waals surface area contributed by atoms with Crippen LogP contribution in [0.2, 0.25) is 0 Å². The highest BCUT2D eigenvalue weighted by Gasteiger charge is 2.18. The molecule has 0 unspecified atom stereocenters. The molecule has 0 spiro atoms. The van der Waals surface area contributed by atoms with Gasteiger partial charge in [0.05, 0.1) is 22.4 Å². The Kier molecular flexibility index (Phi) is 7.37. The topological polar surface area (TPSA) is 77.3 Å². The van der Waals surface area contributed by atoms with Crippen LogP contribution in [0.25, 0.3) is 89.6 Å². The molecule has 0 fully saturated rings. The molecule has 6 heteroatoms. The van der Waals surface area contributed by atoms with Gasteiger partial charge in [-0.15, -0.1) is 0 Å². The van der Waals surface area contributed by atoms with E-state index in [1.165, 1.54) is 0 Å². The van der Waals surface area contributed by atoms with E-state index in [0.717, 1.165) is 78.0 Å². The molecular formula is C44H28N6. The Balaban J connectivity index is 1.26. The van der Waals surface area contributed by atoms with Crippen molar-refractivity contribution in [1.29, 1.82) is 0 Å². The first-order valence-corrected chi connectivity index (χ1v) is 16.5. The molecule has 0 atom stereocenters. The molecular weight excluding hydrogens is 613 g/mol. The maximum absolute atomic E-state index is 5.15.